The normalized spacial score (nSPS) is 17.0. The van der Waals surface area contributed by atoms with Crippen LogP contribution in [0.15, 0.2) is 36.4 Å². The summed E-state index contributed by atoms with van der Waals surface area (Å²) in [5.74, 6) is 1.45. The second-order valence-electron chi connectivity index (χ2n) is 5.41. The van der Waals surface area contributed by atoms with Crippen LogP contribution in [0.5, 0.6) is 0 Å². The Bertz CT molecular complexity index is 656. The third kappa shape index (κ3) is 4.06. The summed E-state index contributed by atoms with van der Waals surface area (Å²) in [4.78, 5) is 13.4. The van der Waals surface area contributed by atoms with E-state index in [0.717, 1.165) is 29.4 Å². The van der Waals surface area contributed by atoms with Crippen molar-refractivity contribution >= 4 is 40.6 Å². The van der Waals surface area contributed by atoms with Crippen molar-refractivity contribution in [1.82, 2.24) is 5.32 Å². The molecule has 116 valence electrons. The van der Waals surface area contributed by atoms with Crippen molar-refractivity contribution in [3.8, 4) is 0 Å². The molecule has 0 saturated heterocycles. The summed E-state index contributed by atoms with van der Waals surface area (Å²) in [6.45, 7) is 0. The van der Waals surface area contributed by atoms with E-state index in [1.807, 2.05) is 12.1 Å². The van der Waals surface area contributed by atoms with Crippen molar-refractivity contribution in [2.24, 2.45) is 0 Å². The molecular formula is C17H18ClNOS2. The number of fused-ring (bicyclic) bond motifs is 1. The molecule has 0 spiro atoms. The number of rotatable bonds is 5. The lowest BCUT2D eigenvalue weighted by Gasteiger charge is -2.26. The van der Waals surface area contributed by atoms with Crippen LogP contribution >= 0.6 is 34.7 Å². The van der Waals surface area contributed by atoms with Crippen LogP contribution < -0.4 is 5.32 Å². The van der Waals surface area contributed by atoms with E-state index in [4.69, 9.17) is 11.6 Å². The van der Waals surface area contributed by atoms with Crippen molar-refractivity contribution in [1.29, 1.82) is 0 Å². The van der Waals surface area contributed by atoms with Crippen LogP contribution in [0.1, 0.15) is 34.9 Å². The largest absolute Gasteiger partial charge is 0.349 e. The van der Waals surface area contributed by atoms with Crippen molar-refractivity contribution in [2.45, 2.75) is 31.1 Å². The van der Waals surface area contributed by atoms with Crippen LogP contribution in [0, 0.1) is 0 Å². The van der Waals surface area contributed by atoms with E-state index in [1.165, 1.54) is 16.0 Å². The molecule has 5 heteroatoms. The summed E-state index contributed by atoms with van der Waals surface area (Å²) < 4.78 is 0.805. The van der Waals surface area contributed by atoms with Gasteiger partial charge in [-0.2, -0.15) is 0 Å². The number of hydrogen-bond donors (Lipinski definition) is 1. The topological polar surface area (TPSA) is 29.1 Å². The third-order valence-corrected chi connectivity index (χ3v) is 6.21. The summed E-state index contributed by atoms with van der Waals surface area (Å²) in [6, 6.07) is 12.5. The molecule has 1 aromatic heterocycles. The van der Waals surface area contributed by atoms with Gasteiger partial charge in [0.1, 0.15) is 0 Å². The molecule has 1 aliphatic rings. The first-order valence-electron chi connectivity index (χ1n) is 7.41. The Hall–Kier alpha value is -0.970. The lowest BCUT2D eigenvalue weighted by molar-refractivity contribution is -0.119. The van der Waals surface area contributed by atoms with Gasteiger partial charge in [0.2, 0.25) is 5.91 Å². The van der Waals surface area contributed by atoms with Crippen LogP contribution in [-0.4, -0.2) is 11.7 Å². The number of thioether (sulfide) groups is 1. The molecule has 0 radical (unpaired) electrons. The average molecular weight is 352 g/mol. The predicted molar refractivity (Wildman–Crippen MR) is 95.8 cm³/mol. The minimum Gasteiger partial charge on any atom is -0.349 e. The van der Waals surface area contributed by atoms with E-state index >= 15 is 0 Å². The van der Waals surface area contributed by atoms with Gasteiger partial charge in [0.25, 0.3) is 0 Å². The summed E-state index contributed by atoms with van der Waals surface area (Å²) >= 11 is 9.12. The summed E-state index contributed by atoms with van der Waals surface area (Å²) in [7, 11) is 0. The molecule has 22 heavy (non-hydrogen) atoms. The van der Waals surface area contributed by atoms with Gasteiger partial charge in [-0.3, -0.25) is 4.79 Å². The number of thiophene rings is 1. The van der Waals surface area contributed by atoms with E-state index in [-0.39, 0.29) is 11.9 Å². The zero-order valence-corrected chi connectivity index (χ0v) is 14.6. The number of aryl methyl sites for hydroxylation is 1. The van der Waals surface area contributed by atoms with E-state index in [0.29, 0.717) is 5.75 Å². The molecule has 0 bridgehead atoms. The number of nitrogens with one attached hydrogen (secondary N) is 1. The molecule has 0 fully saturated rings. The van der Waals surface area contributed by atoms with Crippen LogP contribution in [0.4, 0.5) is 0 Å². The quantitative estimate of drug-likeness (QED) is 0.836. The number of carbonyl (C=O) groups is 1. The highest BCUT2D eigenvalue weighted by Crippen LogP contribution is 2.29. The Kier molecular flexibility index (Phi) is 5.45. The number of benzene rings is 1. The third-order valence-electron chi connectivity index (χ3n) is 3.81. The first-order valence-corrected chi connectivity index (χ1v) is 9.76. The number of hydrogen-bond acceptors (Lipinski definition) is 3. The van der Waals surface area contributed by atoms with Crippen molar-refractivity contribution in [3.05, 3.63) is 56.7 Å². The van der Waals surface area contributed by atoms with Gasteiger partial charge in [0, 0.05) is 10.6 Å². The fourth-order valence-corrected chi connectivity index (χ4v) is 4.85. The first kappa shape index (κ1) is 15.9. The molecule has 0 saturated carbocycles. The monoisotopic (exact) mass is 351 g/mol. The molecule has 0 aliphatic heterocycles. The Labute approximate surface area is 144 Å². The smallest absolute Gasteiger partial charge is 0.230 e. The van der Waals surface area contributed by atoms with Gasteiger partial charge >= 0.3 is 0 Å². The average Bonchev–Trinajstić information content (AvgIpc) is 2.93. The van der Waals surface area contributed by atoms with Gasteiger partial charge in [-0.05, 0) is 42.5 Å². The molecule has 1 atom stereocenters. The Morgan fingerprint density at radius 2 is 2.18 bits per heavy atom. The van der Waals surface area contributed by atoms with Crippen molar-refractivity contribution < 1.29 is 4.79 Å². The van der Waals surface area contributed by atoms with Gasteiger partial charge in [-0.1, -0.05) is 35.9 Å². The zero-order chi connectivity index (χ0) is 15.4. The molecule has 1 N–H and O–H groups in total. The van der Waals surface area contributed by atoms with Crippen LogP contribution in [0.2, 0.25) is 4.34 Å². The fraction of sp³-hybridized carbons (Fsp3) is 0.353. The van der Waals surface area contributed by atoms with Gasteiger partial charge in [-0.25, -0.2) is 0 Å². The molecule has 0 unspecified atom stereocenters. The standard InChI is InChI=1S/C17H18ClNOS2/c18-16-9-8-13(22-16)10-21-11-17(20)19-15-7-3-5-12-4-1-2-6-14(12)15/h1-2,4,6,8-9,15H,3,5,7,10-11H2,(H,19,20)/t15-/m1/s1. The maximum atomic E-state index is 12.2. The van der Waals surface area contributed by atoms with Gasteiger partial charge < -0.3 is 5.32 Å². The van der Waals surface area contributed by atoms with Crippen molar-refractivity contribution in [2.75, 3.05) is 5.75 Å². The lowest BCUT2D eigenvalue weighted by atomic mass is 9.88. The van der Waals surface area contributed by atoms with Crippen molar-refractivity contribution in [3.63, 3.8) is 0 Å². The van der Waals surface area contributed by atoms with Gasteiger partial charge in [0.15, 0.2) is 0 Å². The summed E-state index contributed by atoms with van der Waals surface area (Å²) in [6.07, 6.45) is 3.30. The molecular weight excluding hydrogens is 334 g/mol. The fourth-order valence-electron chi connectivity index (χ4n) is 2.81. The predicted octanol–water partition coefficient (Wildman–Crippen LogP) is 4.83. The Morgan fingerprint density at radius 3 is 3.00 bits per heavy atom. The van der Waals surface area contributed by atoms with E-state index in [2.05, 4.69) is 29.6 Å². The zero-order valence-electron chi connectivity index (χ0n) is 12.2. The van der Waals surface area contributed by atoms with Crippen LogP contribution in [0.25, 0.3) is 0 Å². The molecule has 1 aromatic carbocycles. The highest BCUT2D eigenvalue weighted by atomic mass is 35.5. The Morgan fingerprint density at radius 1 is 1.32 bits per heavy atom. The van der Waals surface area contributed by atoms with E-state index < -0.39 is 0 Å². The van der Waals surface area contributed by atoms with E-state index in [1.54, 1.807) is 23.1 Å². The SMILES string of the molecule is O=C(CSCc1ccc(Cl)s1)N[C@@H]1CCCc2ccccc21. The second-order valence-corrected chi connectivity index (χ2v) is 8.19. The van der Waals surface area contributed by atoms with Gasteiger partial charge in [0.05, 0.1) is 16.1 Å². The second kappa shape index (κ2) is 7.53. The minimum absolute atomic E-state index is 0.120. The number of halogens is 1. The lowest BCUT2D eigenvalue weighted by Crippen LogP contribution is -2.32. The molecule has 2 nitrogen and oxygen atoms in total. The summed E-state index contributed by atoms with van der Waals surface area (Å²) in [5, 5.41) is 3.18. The molecule has 3 rings (SSSR count). The maximum Gasteiger partial charge on any atom is 0.230 e. The van der Waals surface area contributed by atoms with E-state index in [9.17, 15) is 4.79 Å². The van der Waals surface area contributed by atoms with Crippen LogP contribution in [0.3, 0.4) is 0 Å². The highest BCUT2D eigenvalue weighted by Gasteiger charge is 2.21. The molecule has 1 amide bonds. The Balaban J connectivity index is 1.50. The molecule has 1 aliphatic carbocycles. The van der Waals surface area contributed by atoms with Crippen LogP contribution in [-0.2, 0) is 17.0 Å². The molecule has 1 heterocycles. The minimum atomic E-state index is 0.120. The molecule has 2 aromatic rings. The van der Waals surface area contributed by atoms with Gasteiger partial charge in [-0.15, -0.1) is 23.1 Å². The summed E-state index contributed by atoms with van der Waals surface area (Å²) in [5.41, 5.74) is 2.66. The number of amides is 1. The number of carbonyl (C=O) groups excluding carboxylic acids is 1. The first-order chi connectivity index (χ1) is 10.7. The highest BCUT2D eigenvalue weighted by molar-refractivity contribution is 7.99. The maximum absolute atomic E-state index is 12.2.